The van der Waals surface area contributed by atoms with E-state index in [-0.39, 0.29) is 6.61 Å². The molecule has 1 saturated carbocycles. The van der Waals surface area contributed by atoms with E-state index < -0.39 is 34.4 Å². The number of benzene rings is 2. The van der Waals surface area contributed by atoms with E-state index in [0.29, 0.717) is 0 Å². The molecule has 6 heteroatoms. The standard InChI is InChI=1S/C22H20ClF3O2/c1-21(2)17(12-18(24)22(23,25)26)19(21)20(27)28-13-14-7-6-10-16(11-14)15-8-4-3-5-9-15/h3-12,17,19H,13H2,1-2H3/t17-,19-/m0/s1. The highest BCUT2D eigenvalue weighted by Gasteiger charge is 2.62. The number of carbonyl (C=O) groups excluding carboxylic acids is 1. The predicted octanol–water partition coefficient (Wildman–Crippen LogP) is 6.35. The Labute approximate surface area is 167 Å². The zero-order valence-corrected chi connectivity index (χ0v) is 16.2. The normalized spacial score (nSPS) is 21.3. The molecule has 2 atom stereocenters. The van der Waals surface area contributed by atoms with Crippen LogP contribution in [0.3, 0.4) is 0 Å². The molecule has 0 bridgehead atoms. The second kappa shape index (κ2) is 7.63. The first-order valence-electron chi connectivity index (χ1n) is 8.86. The lowest BCUT2D eigenvalue weighted by Crippen LogP contribution is -2.11. The Morgan fingerprint density at radius 2 is 1.79 bits per heavy atom. The average Bonchev–Trinajstić information content (AvgIpc) is 3.20. The highest BCUT2D eigenvalue weighted by atomic mass is 35.5. The predicted molar refractivity (Wildman–Crippen MR) is 102 cm³/mol. The molecule has 0 spiro atoms. The third-order valence-corrected chi connectivity index (χ3v) is 5.36. The average molecular weight is 409 g/mol. The molecule has 0 aromatic heterocycles. The first-order valence-corrected chi connectivity index (χ1v) is 9.24. The summed E-state index contributed by atoms with van der Waals surface area (Å²) in [6.45, 7) is 3.46. The van der Waals surface area contributed by atoms with Crippen molar-refractivity contribution in [3.05, 3.63) is 72.1 Å². The van der Waals surface area contributed by atoms with Gasteiger partial charge < -0.3 is 4.74 Å². The lowest BCUT2D eigenvalue weighted by atomic mass is 10.0. The molecular formula is C22H20ClF3O2. The van der Waals surface area contributed by atoms with Gasteiger partial charge in [0.15, 0.2) is 5.83 Å². The van der Waals surface area contributed by atoms with Crippen molar-refractivity contribution in [1.29, 1.82) is 0 Å². The number of halogens is 4. The summed E-state index contributed by atoms with van der Waals surface area (Å²) in [5.74, 6) is -3.64. The zero-order chi connectivity index (χ0) is 20.5. The topological polar surface area (TPSA) is 26.3 Å². The van der Waals surface area contributed by atoms with Gasteiger partial charge in [-0.2, -0.15) is 8.78 Å². The third kappa shape index (κ3) is 4.41. The van der Waals surface area contributed by atoms with Crippen molar-refractivity contribution in [2.24, 2.45) is 17.3 Å². The Morgan fingerprint density at radius 3 is 2.43 bits per heavy atom. The minimum absolute atomic E-state index is 0.0523. The summed E-state index contributed by atoms with van der Waals surface area (Å²) in [5.41, 5.74) is 2.18. The summed E-state index contributed by atoms with van der Waals surface area (Å²) in [4.78, 5) is 12.4. The van der Waals surface area contributed by atoms with Crippen LogP contribution in [0.1, 0.15) is 19.4 Å². The molecule has 1 aliphatic rings. The van der Waals surface area contributed by atoms with E-state index in [1.807, 2.05) is 54.6 Å². The van der Waals surface area contributed by atoms with Crippen molar-refractivity contribution in [3.8, 4) is 11.1 Å². The molecule has 1 aliphatic carbocycles. The van der Waals surface area contributed by atoms with Gasteiger partial charge in [-0.3, -0.25) is 4.79 Å². The van der Waals surface area contributed by atoms with Crippen LogP contribution in [0.15, 0.2) is 66.5 Å². The van der Waals surface area contributed by atoms with Gasteiger partial charge in [0.2, 0.25) is 0 Å². The first-order chi connectivity index (χ1) is 13.1. The van der Waals surface area contributed by atoms with Gasteiger partial charge in [0, 0.05) is 0 Å². The van der Waals surface area contributed by atoms with E-state index in [1.165, 1.54) is 0 Å². The Balaban J connectivity index is 1.65. The number of esters is 1. The van der Waals surface area contributed by atoms with Crippen LogP contribution >= 0.6 is 11.6 Å². The number of alkyl halides is 3. The summed E-state index contributed by atoms with van der Waals surface area (Å²) in [5, 5.41) is -4.06. The van der Waals surface area contributed by atoms with Gasteiger partial charge in [0.05, 0.1) is 5.92 Å². The van der Waals surface area contributed by atoms with Crippen LogP contribution in [0.25, 0.3) is 11.1 Å². The maximum absolute atomic E-state index is 13.5. The van der Waals surface area contributed by atoms with E-state index in [1.54, 1.807) is 13.8 Å². The van der Waals surface area contributed by atoms with Crippen LogP contribution in [-0.4, -0.2) is 11.4 Å². The van der Waals surface area contributed by atoms with E-state index in [2.05, 4.69) is 11.6 Å². The quantitative estimate of drug-likeness (QED) is 0.411. The number of hydrogen-bond donors (Lipinski definition) is 0. The second-order valence-electron chi connectivity index (χ2n) is 7.51. The molecule has 0 saturated heterocycles. The highest BCUT2D eigenvalue weighted by Crippen LogP contribution is 2.60. The van der Waals surface area contributed by atoms with Gasteiger partial charge >= 0.3 is 11.4 Å². The molecule has 0 amide bonds. The Kier molecular flexibility index (Phi) is 5.57. The van der Waals surface area contributed by atoms with Crippen LogP contribution < -0.4 is 0 Å². The van der Waals surface area contributed by atoms with Gasteiger partial charge in [-0.1, -0.05) is 62.4 Å². The molecule has 2 aromatic carbocycles. The molecule has 0 heterocycles. The fourth-order valence-electron chi connectivity index (χ4n) is 3.41. The largest absolute Gasteiger partial charge is 0.461 e. The monoisotopic (exact) mass is 408 g/mol. The SMILES string of the molecule is CC1(C)[C@H](C(=O)OCc2cccc(-c3ccccc3)c2)[C@@H]1C=C(F)C(F)(F)Cl. The van der Waals surface area contributed by atoms with Crippen molar-refractivity contribution >= 4 is 17.6 Å². The number of allylic oxidation sites excluding steroid dienone is 2. The molecule has 148 valence electrons. The van der Waals surface area contributed by atoms with Crippen molar-refractivity contribution in [3.63, 3.8) is 0 Å². The van der Waals surface area contributed by atoms with E-state index in [0.717, 1.165) is 22.8 Å². The smallest absolute Gasteiger partial charge is 0.373 e. The minimum atomic E-state index is -4.06. The summed E-state index contributed by atoms with van der Waals surface area (Å²) in [7, 11) is 0. The molecule has 0 aliphatic heterocycles. The van der Waals surface area contributed by atoms with Crippen LogP contribution in [0, 0.1) is 17.3 Å². The third-order valence-electron chi connectivity index (χ3n) is 5.18. The zero-order valence-electron chi connectivity index (χ0n) is 15.5. The van der Waals surface area contributed by atoms with E-state index >= 15 is 0 Å². The maximum atomic E-state index is 13.5. The van der Waals surface area contributed by atoms with Gasteiger partial charge in [-0.15, -0.1) is 0 Å². The Morgan fingerprint density at radius 1 is 1.14 bits per heavy atom. The van der Waals surface area contributed by atoms with Gasteiger partial charge in [0.1, 0.15) is 6.61 Å². The molecule has 1 fully saturated rings. The maximum Gasteiger partial charge on any atom is 0.373 e. The van der Waals surface area contributed by atoms with Crippen molar-refractivity contribution in [1.82, 2.24) is 0 Å². The van der Waals surface area contributed by atoms with E-state index in [4.69, 9.17) is 4.74 Å². The lowest BCUT2D eigenvalue weighted by molar-refractivity contribution is -0.147. The molecule has 0 radical (unpaired) electrons. The van der Waals surface area contributed by atoms with Gasteiger partial charge in [0.25, 0.3) is 0 Å². The summed E-state index contributed by atoms with van der Waals surface area (Å²) >= 11 is 4.69. The minimum Gasteiger partial charge on any atom is -0.461 e. The van der Waals surface area contributed by atoms with Gasteiger partial charge in [-0.25, -0.2) is 4.39 Å². The van der Waals surface area contributed by atoms with Crippen LogP contribution in [0.4, 0.5) is 13.2 Å². The fourth-order valence-corrected chi connectivity index (χ4v) is 3.47. The Hall–Kier alpha value is -2.27. The number of carbonyl (C=O) groups is 1. The van der Waals surface area contributed by atoms with Crippen LogP contribution in [0.5, 0.6) is 0 Å². The highest BCUT2D eigenvalue weighted by molar-refractivity contribution is 6.23. The van der Waals surface area contributed by atoms with Crippen LogP contribution in [-0.2, 0) is 16.1 Å². The molecule has 2 nitrogen and oxygen atoms in total. The van der Waals surface area contributed by atoms with Crippen molar-refractivity contribution in [2.45, 2.75) is 25.8 Å². The van der Waals surface area contributed by atoms with Crippen LogP contribution in [0.2, 0.25) is 0 Å². The number of ether oxygens (including phenoxy) is 1. The van der Waals surface area contributed by atoms with Crippen molar-refractivity contribution in [2.75, 3.05) is 0 Å². The van der Waals surface area contributed by atoms with Gasteiger partial charge in [-0.05, 0) is 51.8 Å². The summed E-state index contributed by atoms with van der Waals surface area (Å²) in [6.07, 6.45) is 0.731. The molecule has 0 N–H and O–H groups in total. The molecule has 28 heavy (non-hydrogen) atoms. The second-order valence-corrected chi connectivity index (χ2v) is 7.99. The molecule has 2 aromatic rings. The number of rotatable bonds is 6. The lowest BCUT2D eigenvalue weighted by Gasteiger charge is -2.08. The Bertz CT molecular complexity index is 888. The molecular weight excluding hydrogens is 389 g/mol. The molecule has 3 rings (SSSR count). The fraction of sp³-hybridized carbons (Fsp3) is 0.318. The number of hydrogen-bond acceptors (Lipinski definition) is 2. The van der Waals surface area contributed by atoms with Crippen molar-refractivity contribution < 1.29 is 22.7 Å². The summed E-state index contributed by atoms with van der Waals surface area (Å²) < 4.78 is 44.5. The van der Waals surface area contributed by atoms with E-state index in [9.17, 15) is 18.0 Å². The molecule has 0 unspecified atom stereocenters. The first kappa shape index (κ1) is 20.5. The summed E-state index contributed by atoms with van der Waals surface area (Å²) in [6, 6.07) is 17.4.